The summed E-state index contributed by atoms with van der Waals surface area (Å²) in [6, 6.07) is 10.3. The summed E-state index contributed by atoms with van der Waals surface area (Å²) in [4.78, 5) is 13.9. The van der Waals surface area contributed by atoms with Crippen molar-refractivity contribution in [1.82, 2.24) is 10.2 Å². The van der Waals surface area contributed by atoms with Crippen LogP contribution in [-0.4, -0.2) is 41.1 Å². The predicted octanol–water partition coefficient (Wildman–Crippen LogP) is 3.13. The number of nitrogens with zero attached hydrogens (tertiary/aromatic N) is 1. The van der Waals surface area contributed by atoms with E-state index in [4.69, 9.17) is 0 Å². The van der Waals surface area contributed by atoms with Crippen LogP contribution in [0, 0.1) is 5.92 Å². The van der Waals surface area contributed by atoms with E-state index in [0.29, 0.717) is 5.92 Å². The first-order valence-corrected chi connectivity index (χ1v) is 8.83. The van der Waals surface area contributed by atoms with Gasteiger partial charge in [0.05, 0.1) is 0 Å². The topological polar surface area (TPSA) is 52.6 Å². The molecule has 0 amide bonds. The van der Waals surface area contributed by atoms with Gasteiger partial charge in [-0.1, -0.05) is 57.0 Å². The highest BCUT2D eigenvalue weighted by Crippen LogP contribution is 2.19. The number of hydrogen-bond acceptors (Lipinski definition) is 3. The first kappa shape index (κ1) is 18.0. The molecular formula is C19H30N2O2. The lowest BCUT2D eigenvalue weighted by Crippen LogP contribution is -2.53. The Morgan fingerprint density at radius 2 is 2.09 bits per heavy atom. The molecule has 0 saturated carbocycles. The van der Waals surface area contributed by atoms with Crippen LogP contribution in [0.1, 0.15) is 45.1 Å². The Kier molecular flexibility index (Phi) is 7.06. The third-order valence-electron chi connectivity index (χ3n) is 4.57. The van der Waals surface area contributed by atoms with Gasteiger partial charge in [-0.25, -0.2) is 0 Å². The molecule has 4 heteroatoms. The van der Waals surface area contributed by atoms with Gasteiger partial charge in [0.1, 0.15) is 6.04 Å². The number of hydrogen-bond donors (Lipinski definition) is 2. The molecule has 0 radical (unpaired) electrons. The van der Waals surface area contributed by atoms with Crippen LogP contribution in [0.25, 0.3) is 0 Å². The van der Waals surface area contributed by atoms with Crippen molar-refractivity contribution in [3.05, 3.63) is 35.9 Å². The average Bonchev–Trinajstić information content (AvgIpc) is 2.51. The third-order valence-corrected chi connectivity index (χ3v) is 4.57. The lowest BCUT2D eigenvalue weighted by Gasteiger charge is -2.38. The van der Waals surface area contributed by atoms with Gasteiger partial charge in [-0.2, -0.15) is 0 Å². The van der Waals surface area contributed by atoms with Crippen molar-refractivity contribution >= 4 is 5.97 Å². The maximum absolute atomic E-state index is 11.5. The molecule has 2 N–H and O–H groups in total. The van der Waals surface area contributed by atoms with Crippen LogP contribution < -0.4 is 5.32 Å². The van der Waals surface area contributed by atoms with Crippen molar-refractivity contribution in [2.24, 2.45) is 5.92 Å². The number of carboxylic acid groups (broad SMARTS) is 1. The van der Waals surface area contributed by atoms with Crippen molar-refractivity contribution in [3.8, 4) is 0 Å². The fraction of sp³-hybridized carbons (Fsp3) is 0.632. The van der Waals surface area contributed by atoms with Gasteiger partial charge in [-0.3, -0.25) is 9.69 Å². The van der Waals surface area contributed by atoms with Gasteiger partial charge in [0, 0.05) is 25.7 Å². The van der Waals surface area contributed by atoms with E-state index in [-0.39, 0.29) is 6.04 Å². The SMILES string of the molecule is CCCCC(NC1CC(C)CN(Cc2ccccc2)C1)C(=O)O. The number of likely N-dealkylation sites (tertiary alicyclic amines) is 1. The molecule has 1 fully saturated rings. The molecule has 2 rings (SSSR count). The highest BCUT2D eigenvalue weighted by Gasteiger charge is 2.28. The van der Waals surface area contributed by atoms with Crippen LogP contribution >= 0.6 is 0 Å². The van der Waals surface area contributed by atoms with E-state index in [0.717, 1.165) is 45.3 Å². The second-order valence-electron chi connectivity index (χ2n) is 6.92. The van der Waals surface area contributed by atoms with Crippen LogP contribution in [0.4, 0.5) is 0 Å². The zero-order chi connectivity index (χ0) is 16.7. The molecule has 1 aromatic rings. The van der Waals surface area contributed by atoms with Crippen LogP contribution in [0.15, 0.2) is 30.3 Å². The summed E-state index contributed by atoms with van der Waals surface area (Å²) in [6.45, 7) is 7.31. The third kappa shape index (κ3) is 5.96. The molecular weight excluding hydrogens is 288 g/mol. The molecule has 0 spiro atoms. The van der Waals surface area contributed by atoms with Gasteiger partial charge in [-0.05, 0) is 24.3 Å². The van der Waals surface area contributed by atoms with Crippen molar-refractivity contribution < 1.29 is 9.90 Å². The van der Waals surface area contributed by atoms with Gasteiger partial charge in [0.2, 0.25) is 0 Å². The normalized spacial score (nSPS) is 23.6. The van der Waals surface area contributed by atoms with E-state index in [1.807, 2.05) is 6.07 Å². The molecule has 0 bridgehead atoms. The number of piperidine rings is 1. The smallest absolute Gasteiger partial charge is 0.320 e. The Balaban J connectivity index is 1.92. The Labute approximate surface area is 139 Å². The lowest BCUT2D eigenvalue weighted by atomic mass is 9.94. The van der Waals surface area contributed by atoms with E-state index >= 15 is 0 Å². The summed E-state index contributed by atoms with van der Waals surface area (Å²) in [5, 5.41) is 12.8. The Hall–Kier alpha value is -1.39. The fourth-order valence-electron chi connectivity index (χ4n) is 3.52. The highest BCUT2D eigenvalue weighted by atomic mass is 16.4. The number of nitrogens with one attached hydrogen (secondary N) is 1. The second-order valence-corrected chi connectivity index (χ2v) is 6.92. The van der Waals surface area contributed by atoms with Gasteiger partial charge in [0.15, 0.2) is 0 Å². The summed E-state index contributed by atoms with van der Waals surface area (Å²) in [5.74, 6) is -0.128. The van der Waals surface area contributed by atoms with Crippen molar-refractivity contribution in [3.63, 3.8) is 0 Å². The van der Waals surface area contributed by atoms with Gasteiger partial charge in [0.25, 0.3) is 0 Å². The molecule has 1 aromatic carbocycles. The summed E-state index contributed by atoms with van der Waals surface area (Å²) in [7, 11) is 0. The Morgan fingerprint density at radius 3 is 2.74 bits per heavy atom. The van der Waals surface area contributed by atoms with Crippen LogP contribution in [0.2, 0.25) is 0 Å². The van der Waals surface area contributed by atoms with Crippen LogP contribution in [0.3, 0.4) is 0 Å². The van der Waals surface area contributed by atoms with E-state index in [1.54, 1.807) is 0 Å². The molecule has 4 nitrogen and oxygen atoms in total. The average molecular weight is 318 g/mol. The highest BCUT2D eigenvalue weighted by molar-refractivity contribution is 5.73. The largest absolute Gasteiger partial charge is 0.480 e. The predicted molar refractivity (Wildman–Crippen MR) is 93.4 cm³/mol. The minimum absolute atomic E-state index is 0.264. The van der Waals surface area contributed by atoms with Gasteiger partial charge >= 0.3 is 5.97 Å². The number of carboxylic acids is 1. The number of unbranched alkanes of at least 4 members (excludes halogenated alkanes) is 1. The van der Waals surface area contributed by atoms with Crippen molar-refractivity contribution in [1.29, 1.82) is 0 Å². The van der Waals surface area contributed by atoms with E-state index in [1.165, 1.54) is 5.56 Å². The maximum atomic E-state index is 11.5. The number of carbonyl (C=O) groups is 1. The summed E-state index contributed by atoms with van der Waals surface area (Å²) in [5.41, 5.74) is 1.32. The zero-order valence-electron chi connectivity index (χ0n) is 14.4. The van der Waals surface area contributed by atoms with E-state index < -0.39 is 12.0 Å². The minimum atomic E-state index is -0.716. The molecule has 128 valence electrons. The lowest BCUT2D eigenvalue weighted by molar-refractivity contribution is -0.140. The molecule has 1 aliphatic heterocycles. The number of rotatable bonds is 8. The Bertz CT molecular complexity index is 478. The van der Waals surface area contributed by atoms with Gasteiger partial charge in [-0.15, -0.1) is 0 Å². The molecule has 1 saturated heterocycles. The summed E-state index contributed by atoms with van der Waals surface area (Å²) < 4.78 is 0. The molecule has 3 atom stereocenters. The van der Waals surface area contributed by atoms with E-state index in [2.05, 4.69) is 48.3 Å². The molecule has 1 aliphatic rings. The molecule has 1 heterocycles. The van der Waals surface area contributed by atoms with Gasteiger partial charge < -0.3 is 10.4 Å². The molecule has 3 unspecified atom stereocenters. The zero-order valence-corrected chi connectivity index (χ0v) is 14.4. The van der Waals surface area contributed by atoms with Crippen LogP contribution in [-0.2, 0) is 11.3 Å². The first-order valence-electron chi connectivity index (χ1n) is 8.83. The first-order chi connectivity index (χ1) is 11.1. The quantitative estimate of drug-likeness (QED) is 0.773. The molecule has 23 heavy (non-hydrogen) atoms. The fourth-order valence-corrected chi connectivity index (χ4v) is 3.52. The summed E-state index contributed by atoms with van der Waals surface area (Å²) in [6.07, 6.45) is 3.77. The minimum Gasteiger partial charge on any atom is -0.480 e. The molecule has 0 aromatic heterocycles. The molecule has 0 aliphatic carbocycles. The monoisotopic (exact) mass is 318 g/mol. The van der Waals surface area contributed by atoms with Crippen LogP contribution in [0.5, 0.6) is 0 Å². The van der Waals surface area contributed by atoms with E-state index in [9.17, 15) is 9.90 Å². The van der Waals surface area contributed by atoms with Crippen molar-refractivity contribution in [2.75, 3.05) is 13.1 Å². The maximum Gasteiger partial charge on any atom is 0.320 e. The standard InChI is InChI=1S/C19H30N2O2/c1-3-4-10-18(19(22)23)20-17-11-15(2)12-21(14-17)13-16-8-6-5-7-9-16/h5-9,15,17-18,20H,3-4,10-14H2,1-2H3,(H,22,23). The summed E-state index contributed by atoms with van der Waals surface area (Å²) >= 11 is 0. The second kappa shape index (κ2) is 9.04. The Morgan fingerprint density at radius 1 is 1.35 bits per heavy atom. The number of benzene rings is 1. The van der Waals surface area contributed by atoms with Crippen molar-refractivity contribution in [2.45, 2.75) is 58.2 Å². The number of aliphatic carboxylic acids is 1.